The third-order valence-electron chi connectivity index (χ3n) is 13.4. The summed E-state index contributed by atoms with van der Waals surface area (Å²) < 4.78 is -0.158. The van der Waals surface area contributed by atoms with Gasteiger partial charge in [-0.25, -0.2) is 0 Å². The van der Waals surface area contributed by atoms with E-state index in [0.29, 0.717) is 11.8 Å². The Bertz CT molecular complexity index is 2260. The monoisotopic (exact) mass is 865 g/mol. The summed E-state index contributed by atoms with van der Waals surface area (Å²) >= 11 is -5.19. The molecule has 6 aromatic rings. The van der Waals surface area contributed by atoms with Crippen molar-refractivity contribution in [2.45, 2.75) is 72.7 Å². The Morgan fingerprint density at radius 3 is 1.20 bits per heavy atom. The summed E-state index contributed by atoms with van der Waals surface area (Å²) in [5.41, 5.74) is 17.8. The van der Waals surface area contributed by atoms with Crippen LogP contribution in [0.25, 0.3) is 45.6 Å². The predicted octanol–water partition coefficient (Wildman–Crippen LogP) is 15.9. The van der Waals surface area contributed by atoms with E-state index in [-0.39, 0.29) is 7.25 Å². The van der Waals surface area contributed by atoms with Crippen LogP contribution in [0.4, 0.5) is 0 Å². The van der Waals surface area contributed by atoms with Gasteiger partial charge < -0.3 is 0 Å². The molecular weight excluding hydrogens is 815 g/mol. The summed E-state index contributed by atoms with van der Waals surface area (Å²) in [4.78, 5) is 0. The molecule has 56 heavy (non-hydrogen) atoms. The predicted molar refractivity (Wildman–Crippen MR) is 246 cm³/mol. The second-order valence-electron chi connectivity index (χ2n) is 16.7. The zero-order valence-corrected chi connectivity index (χ0v) is 38.7. The first-order valence-corrected chi connectivity index (χ1v) is 36.9. The van der Waals surface area contributed by atoms with Gasteiger partial charge >= 0.3 is 347 Å². The average Bonchev–Trinajstić information content (AvgIpc) is 3.85. The second-order valence-corrected chi connectivity index (χ2v) is 59.2. The van der Waals surface area contributed by atoms with E-state index >= 15 is 0 Å². The number of allylic oxidation sites excluding steroid dienone is 2. The third kappa shape index (κ3) is 6.63. The zero-order valence-electron chi connectivity index (χ0n) is 33.6. The molecule has 0 spiro atoms. The molecule has 0 aromatic heterocycles. The maximum absolute atomic E-state index is 8.98. The summed E-state index contributed by atoms with van der Waals surface area (Å²) in [6.07, 6.45) is 7.17. The van der Waals surface area contributed by atoms with Crippen LogP contribution in [0.5, 0.6) is 0 Å². The molecule has 0 saturated carbocycles. The molecule has 0 nitrogen and oxygen atoms in total. The second kappa shape index (κ2) is 15.7. The van der Waals surface area contributed by atoms with Gasteiger partial charge in [0, 0.05) is 0 Å². The molecule has 0 bridgehead atoms. The number of halogens is 2. The standard InChI is InChI=1S/2C25H23.C2H7Si.2ClH.Zr/c2*1-3-18(2)19-12-14-21(15-13-19)24-11-7-10-22-16-23(17-25(22)24)20-8-5-4-6-9-20;1-3-2;;;/h2*4-18H,3H2,1-2H3;3H,1-2H3;2*1H;/q;;;;;+2/p-2. The fourth-order valence-corrected chi connectivity index (χ4v) is 39.7. The van der Waals surface area contributed by atoms with Crippen molar-refractivity contribution in [1.82, 2.24) is 0 Å². The van der Waals surface area contributed by atoms with E-state index in [1.807, 2.05) is 0 Å². The summed E-state index contributed by atoms with van der Waals surface area (Å²) in [7, 11) is 18.0. The molecule has 6 aromatic carbocycles. The Hall–Kier alpha value is -3.52. The van der Waals surface area contributed by atoms with Crippen molar-refractivity contribution in [2.75, 3.05) is 0 Å². The Balaban J connectivity index is 1.36. The van der Waals surface area contributed by atoms with Gasteiger partial charge in [-0.15, -0.1) is 0 Å². The van der Waals surface area contributed by atoms with E-state index in [2.05, 4.69) is 199 Å². The van der Waals surface area contributed by atoms with Crippen molar-refractivity contribution < 1.29 is 15.6 Å². The number of hydrogen-bond donors (Lipinski definition) is 0. The van der Waals surface area contributed by atoms with E-state index in [4.69, 9.17) is 17.0 Å². The fraction of sp³-hybridized carbons (Fsp3) is 0.231. The average molecular weight is 868 g/mol. The first-order chi connectivity index (χ1) is 27.0. The van der Waals surface area contributed by atoms with E-state index in [0.717, 1.165) is 12.8 Å². The van der Waals surface area contributed by atoms with Gasteiger partial charge in [-0.05, 0) is 0 Å². The molecule has 0 N–H and O–H groups in total. The molecule has 0 heterocycles. The van der Waals surface area contributed by atoms with Gasteiger partial charge in [0.05, 0.1) is 0 Å². The van der Waals surface area contributed by atoms with Crippen molar-refractivity contribution in [3.05, 3.63) is 190 Å². The molecule has 8 rings (SSSR count). The Kier molecular flexibility index (Phi) is 11.0. The van der Waals surface area contributed by atoms with E-state index in [1.54, 1.807) is 0 Å². The number of rotatable bonds is 11. The number of fused-ring (bicyclic) bond motifs is 2. The van der Waals surface area contributed by atoms with E-state index in [1.165, 1.54) is 77.9 Å². The molecule has 283 valence electrons. The summed E-state index contributed by atoms with van der Waals surface area (Å²) in [5, 5.41) is 0. The van der Waals surface area contributed by atoms with Crippen LogP contribution in [0.3, 0.4) is 0 Å². The molecule has 0 saturated heterocycles. The third-order valence-corrected chi connectivity index (χ3v) is 64.9. The number of benzene rings is 6. The topological polar surface area (TPSA) is 0 Å². The molecule has 4 unspecified atom stereocenters. The van der Waals surface area contributed by atoms with Crippen LogP contribution in [-0.2, 0) is 15.6 Å². The van der Waals surface area contributed by atoms with Crippen LogP contribution in [0.1, 0.15) is 104 Å². The van der Waals surface area contributed by atoms with Crippen molar-refractivity contribution in [1.29, 1.82) is 0 Å². The van der Waals surface area contributed by atoms with Crippen molar-refractivity contribution in [2.24, 2.45) is 0 Å². The van der Waals surface area contributed by atoms with Crippen LogP contribution in [0, 0.1) is 0 Å². The van der Waals surface area contributed by atoms with Gasteiger partial charge in [-0.3, -0.25) is 0 Å². The van der Waals surface area contributed by atoms with Crippen LogP contribution in [-0.4, -0.2) is 5.92 Å². The molecule has 4 atom stereocenters. The van der Waals surface area contributed by atoms with Gasteiger partial charge in [0.15, 0.2) is 0 Å². The first kappa shape index (κ1) is 39.3. The van der Waals surface area contributed by atoms with E-state index in [9.17, 15) is 0 Å². The van der Waals surface area contributed by atoms with Crippen LogP contribution >= 0.6 is 17.0 Å². The molecular formula is C52H53Cl2SiZr. The van der Waals surface area contributed by atoms with Crippen molar-refractivity contribution in [3.63, 3.8) is 0 Å². The van der Waals surface area contributed by atoms with Crippen molar-refractivity contribution in [3.8, 4) is 22.3 Å². The van der Waals surface area contributed by atoms with Crippen molar-refractivity contribution >= 4 is 46.2 Å². The van der Waals surface area contributed by atoms with Crippen LogP contribution in [0.15, 0.2) is 146 Å². The van der Waals surface area contributed by atoms with Gasteiger partial charge in [0.2, 0.25) is 0 Å². The Morgan fingerprint density at radius 2 is 0.857 bits per heavy atom. The fourth-order valence-electron chi connectivity index (χ4n) is 9.54. The van der Waals surface area contributed by atoms with Crippen LogP contribution in [0.2, 0.25) is 13.1 Å². The molecule has 4 heteroatoms. The van der Waals surface area contributed by atoms with Crippen LogP contribution < -0.4 is 0 Å². The van der Waals surface area contributed by atoms with E-state index < -0.39 is 21.5 Å². The molecule has 2 aliphatic carbocycles. The summed E-state index contributed by atoms with van der Waals surface area (Å²) in [5.74, 6) is -0.766. The first-order valence-electron chi connectivity index (χ1n) is 20.6. The van der Waals surface area contributed by atoms with Gasteiger partial charge in [0.1, 0.15) is 0 Å². The minimum atomic E-state index is -5.19. The SMILES string of the molecule is CCC(C)c1ccc(-c2cccc3c2C=C(c2ccccc2)[CH]3[Zr]([Cl])([Cl])([CH]2C(c3ccccc3)=Cc3c(-c4ccc(C(C)CC)cc4)cccc32)[SiH](C)C)cc1. The Labute approximate surface area is 344 Å². The molecule has 0 fully saturated rings. The minimum absolute atomic E-state index is 0.0790. The molecule has 0 amide bonds. The zero-order chi connectivity index (χ0) is 39.2. The normalized spacial score (nSPS) is 18.1. The quantitative estimate of drug-likeness (QED) is 0.114. The van der Waals surface area contributed by atoms with Gasteiger partial charge in [-0.2, -0.15) is 0 Å². The maximum atomic E-state index is 8.98. The summed E-state index contributed by atoms with van der Waals surface area (Å²) in [6, 6.07) is 54.1. The number of hydrogen-bond acceptors (Lipinski definition) is 0. The Morgan fingerprint density at radius 1 is 0.482 bits per heavy atom. The van der Waals surface area contributed by atoms with Gasteiger partial charge in [0.25, 0.3) is 0 Å². The molecule has 2 aliphatic rings. The molecule has 0 radical (unpaired) electrons. The summed E-state index contributed by atoms with van der Waals surface area (Å²) in [6.45, 7) is 14.0. The molecule has 0 aliphatic heterocycles. The van der Waals surface area contributed by atoms with Gasteiger partial charge in [-0.1, -0.05) is 0 Å².